The third-order valence-electron chi connectivity index (χ3n) is 5.94. The second-order valence-corrected chi connectivity index (χ2v) is 8.65. The average molecular weight is 462 g/mol. The summed E-state index contributed by atoms with van der Waals surface area (Å²) in [4.78, 5) is 7.03. The van der Waals surface area contributed by atoms with Gasteiger partial charge in [-0.25, -0.2) is 4.98 Å². The molecule has 2 rings (SSSR count). The van der Waals surface area contributed by atoms with Crippen molar-refractivity contribution in [2.75, 3.05) is 48.6 Å². The Kier molecular flexibility index (Phi) is 11.0. The van der Waals surface area contributed by atoms with E-state index < -0.39 is 5.60 Å². The molecule has 2 aromatic rings. The van der Waals surface area contributed by atoms with Crippen molar-refractivity contribution in [1.82, 2.24) is 14.5 Å². The number of aryl methyl sites for hydroxylation is 1. The summed E-state index contributed by atoms with van der Waals surface area (Å²) in [5.41, 5.74) is 0.256. The van der Waals surface area contributed by atoms with Crippen molar-refractivity contribution in [2.45, 2.75) is 64.5 Å². The van der Waals surface area contributed by atoms with Gasteiger partial charge in [0.1, 0.15) is 5.82 Å². The van der Waals surface area contributed by atoms with Gasteiger partial charge in [-0.1, -0.05) is 33.1 Å². The Labute approximate surface area is 200 Å². The van der Waals surface area contributed by atoms with E-state index in [4.69, 9.17) is 23.9 Å². The molecule has 0 aliphatic heterocycles. The van der Waals surface area contributed by atoms with Gasteiger partial charge in [0.2, 0.25) is 5.75 Å². The lowest BCUT2D eigenvalue weighted by Crippen LogP contribution is -2.36. The quantitative estimate of drug-likeness (QED) is 0.324. The van der Waals surface area contributed by atoms with Crippen molar-refractivity contribution in [2.24, 2.45) is 0 Å². The Morgan fingerprint density at radius 3 is 2.15 bits per heavy atom. The highest BCUT2D eigenvalue weighted by Gasteiger charge is 2.40. The fourth-order valence-corrected chi connectivity index (χ4v) is 4.15. The van der Waals surface area contributed by atoms with Gasteiger partial charge in [-0.05, 0) is 57.6 Å². The minimum atomic E-state index is -0.716. The molecule has 1 aromatic carbocycles. The molecule has 1 aromatic heterocycles. The van der Waals surface area contributed by atoms with Gasteiger partial charge in [-0.2, -0.15) is 0 Å². The van der Waals surface area contributed by atoms with E-state index in [-0.39, 0.29) is 0 Å². The Hall–Kier alpha value is -2.25. The van der Waals surface area contributed by atoms with Crippen molar-refractivity contribution in [3.63, 3.8) is 0 Å². The number of aromatic nitrogens is 2. The normalized spacial score (nSPS) is 13.2. The minimum absolute atomic E-state index is 0.579. The topological polar surface area (TPSA) is 58.0 Å². The lowest BCUT2D eigenvalue weighted by molar-refractivity contribution is -0.0377. The average Bonchev–Trinajstić information content (AvgIpc) is 3.30. The first kappa shape index (κ1) is 27.0. The third-order valence-corrected chi connectivity index (χ3v) is 5.94. The minimum Gasteiger partial charge on any atom is -0.493 e. The van der Waals surface area contributed by atoms with Crippen LogP contribution in [-0.4, -0.2) is 63.0 Å². The molecule has 0 aliphatic rings. The monoisotopic (exact) mass is 461 g/mol. The number of imidazole rings is 1. The molecule has 0 amide bonds. The number of unbranched alkanes of at least 4 members (excludes halogenated alkanes) is 2. The fourth-order valence-electron chi connectivity index (χ4n) is 4.15. The maximum Gasteiger partial charge on any atom is 0.203 e. The first-order chi connectivity index (χ1) is 16.0. The highest BCUT2D eigenvalue weighted by atomic mass is 16.5. The predicted octanol–water partition coefficient (Wildman–Crippen LogP) is 5.11. The standard InChI is InChI=1S/C26H43N3O4/c1-8-10-13-26(33-18-12-15-28(3)4,25-27-14-17-29(25)16-11-9-2)21-19-22(30-5)24(32-7)23(20-21)31-6/h14,17,19-20H,8-13,15-16,18H2,1-7H3. The SMILES string of the molecule is CCCCn1ccnc1C(CCCC)(OCCCN(C)C)c1cc(OC)c(OC)c(OC)c1. The van der Waals surface area contributed by atoms with Crippen LogP contribution < -0.4 is 14.2 Å². The molecule has 0 radical (unpaired) electrons. The molecule has 7 heteroatoms. The highest BCUT2D eigenvalue weighted by molar-refractivity contribution is 5.56. The van der Waals surface area contributed by atoms with Crippen molar-refractivity contribution in [1.29, 1.82) is 0 Å². The smallest absolute Gasteiger partial charge is 0.203 e. The lowest BCUT2D eigenvalue weighted by atomic mass is 9.86. The number of nitrogens with zero attached hydrogens (tertiary/aromatic N) is 3. The molecule has 1 heterocycles. The predicted molar refractivity (Wildman–Crippen MR) is 133 cm³/mol. The summed E-state index contributed by atoms with van der Waals surface area (Å²) in [5.74, 6) is 2.76. The molecule has 0 spiro atoms. The van der Waals surface area contributed by atoms with Gasteiger partial charge in [0.05, 0.1) is 21.3 Å². The van der Waals surface area contributed by atoms with Crippen LogP contribution >= 0.6 is 0 Å². The van der Waals surface area contributed by atoms with E-state index >= 15 is 0 Å². The van der Waals surface area contributed by atoms with Crippen molar-refractivity contribution < 1.29 is 18.9 Å². The van der Waals surface area contributed by atoms with E-state index in [1.165, 1.54) is 0 Å². The number of hydrogen-bond acceptors (Lipinski definition) is 6. The molecule has 0 fully saturated rings. The number of hydrogen-bond donors (Lipinski definition) is 0. The summed E-state index contributed by atoms with van der Waals surface area (Å²) < 4.78 is 26.1. The van der Waals surface area contributed by atoms with Crippen LogP contribution in [0.15, 0.2) is 24.5 Å². The largest absolute Gasteiger partial charge is 0.493 e. The van der Waals surface area contributed by atoms with E-state index in [1.807, 2.05) is 18.3 Å². The van der Waals surface area contributed by atoms with Crippen LogP contribution in [0.3, 0.4) is 0 Å². The van der Waals surface area contributed by atoms with E-state index in [1.54, 1.807) is 21.3 Å². The number of rotatable bonds is 16. The first-order valence-electron chi connectivity index (χ1n) is 12.1. The molecule has 1 unspecified atom stereocenters. The summed E-state index contributed by atoms with van der Waals surface area (Å²) in [5, 5.41) is 0. The maximum atomic E-state index is 6.84. The Balaban J connectivity index is 2.67. The van der Waals surface area contributed by atoms with Crippen molar-refractivity contribution in [3.05, 3.63) is 35.9 Å². The zero-order valence-electron chi connectivity index (χ0n) is 21.6. The van der Waals surface area contributed by atoms with Crippen LogP contribution in [0.1, 0.15) is 63.8 Å². The van der Waals surface area contributed by atoms with Gasteiger partial charge in [-0.3, -0.25) is 0 Å². The van der Waals surface area contributed by atoms with E-state index in [0.29, 0.717) is 23.9 Å². The summed E-state index contributed by atoms with van der Waals surface area (Å²) in [6.07, 6.45) is 9.96. The molecule has 33 heavy (non-hydrogen) atoms. The molecular weight excluding hydrogens is 418 g/mol. The summed E-state index contributed by atoms with van der Waals surface area (Å²) in [6.45, 7) is 6.90. The van der Waals surface area contributed by atoms with E-state index in [0.717, 1.165) is 63.0 Å². The maximum absolute atomic E-state index is 6.84. The summed E-state index contributed by atoms with van der Waals surface area (Å²) in [7, 11) is 9.09. The summed E-state index contributed by atoms with van der Waals surface area (Å²) in [6, 6.07) is 4.03. The number of benzene rings is 1. The molecule has 0 saturated heterocycles. The molecule has 1 atom stereocenters. The van der Waals surface area contributed by atoms with Crippen LogP contribution in [-0.2, 0) is 16.9 Å². The zero-order chi connectivity index (χ0) is 24.3. The Bertz CT molecular complexity index is 812. The van der Waals surface area contributed by atoms with Gasteiger partial charge in [-0.15, -0.1) is 0 Å². The van der Waals surface area contributed by atoms with Crippen molar-refractivity contribution in [3.8, 4) is 17.2 Å². The van der Waals surface area contributed by atoms with Gasteiger partial charge in [0, 0.05) is 25.5 Å². The lowest BCUT2D eigenvalue weighted by Gasteiger charge is -2.35. The van der Waals surface area contributed by atoms with Gasteiger partial charge >= 0.3 is 0 Å². The van der Waals surface area contributed by atoms with Crippen molar-refractivity contribution >= 4 is 0 Å². The van der Waals surface area contributed by atoms with Gasteiger partial charge in [0.25, 0.3) is 0 Å². The molecule has 186 valence electrons. The zero-order valence-corrected chi connectivity index (χ0v) is 21.6. The van der Waals surface area contributed by atoms with Crippen LogP contribution in [0.25, 0.3) is 0 Å². The van der Waals surface area contributed by atoms with Crippen LogP contribution in [0.2, 0.25) is 0 Å². The molecule has 0 aliphatic carbocycles. The summed E-state index contributed by atoms with van der Waals surface area (Å²) >= 11 is 0. The number of ether oxygens (including phenoxy) is 4. The van der Waals surface area contributed by atoms with E-state index in [9.17, 15) is 0 Å². The second-order valence-electron chi connectivity index (χ2n) is 8.65. The van der Waals surface area contributed by atoms with Crippen LogP contribution in [0.4, 0.5) is 0 Å². The highest BCUT2D eigenvalue weighted by Crippen LogP contribution is 2.46. The molecule has 0 bridgehead atoms. The van der Waals surface area contributed by atoms with E-state index in [2.05, 4.69) is 43.6 Å². The number of methoxy groups -OCH3 is 3. The van der Waals surface area contributed by atoms with Gasteiger partial charge < -0.3 is 28.4 Å². The van der Waals surface area contributed by atoms with Crippen LogP contribution in [0.5, 0.6) is 17.2 Å². The molecule has 0 saturated carbocycles. The molecule has 0 N–H and O–H groups in total. The van der Waals surface area contributed by atoms with Crippen LogP contribution in [0, 0.1) is 0 Å². The third kappa shape index (κ3) is 6.64. The first-order valence-corrected chi connectivity index (χ1v) is 12.1. The molecular formula is C26H43N3O4. The fraction of sp³-hybridized carbons (Fsp3) is 0.654. The van der Waals surface area contributed by atoms with Gasteiger partial charge in [0.15, 0.2) is 17.1 Å². The Morgan fingerprint density at radius 1 is 0.939 bits per heavy atom. The Morgan fingerprint density at radius 2 is 1.61 bits per heavy atom. The second kappa shape index (κ2) is 13.5. The molecule has 7 nitrogen and oxygen atoms in total.